The molecule has 1 aliphatic heterocycles. The van der Waals surface area contributed by atoms with Crippen molar-refractivity contribution in [2.75, 3.05) is 5.32 Å². The molecule has 1 saturated carbocycles. The minimum absolute atomic E-state index is 0.109. The molecule has 6 heteroatoms. The molecule has 0 unspecified atom stereocenters. The zero-order chi connectivity index (χ0) is 20.8. The molecule has 1 saturated heterocycles. The van der Waals surface area contributed by atoms with Gasteiger partial charge in [-0.15, -0.1) is 0 Å². The number of amides is 3. The lowest BCUT2D eigenvalue weighted by Gasteiger charge is -2.27. The first-order valence-electron chi connectivity index (χ1n) is 10.2. The van der Waals surface area contributed by atoms with Gasteiger partial charge in [-0.05, 0) is 48.1 Å². The van der Waals surface area contributed by atoms with Gasteiger partial charge in [0.25, 0.3) is 0 Å². The summed E-state index contributed by atoms with van der Waals surface area (Å²) in [5.74, 6) is -1.23. The molecule has 30 heavy (non-hydrogen) atoms. The number of rotatable bonds is 5. The van der Waals surface area contributed by atoms with Gasteiger partial charge in [0.2, 0.25) is 17.7 Å². The Kier molecular flexibility index (Phi) is 4.70. The SMILES string of the molecule is O=C(Nc1ccc(Cl)cc1)[C@H](Cc1ccccc1)N1C(=O)[C@@H]2[C@@H](C1=O)[C@H]1C=C[C@H]2C1. The molecule has 2 aliphatic carbocycles. The van der Waals surface area contributed by atoms with Crippen molar-refractivity contribution < 1.29 is 14.4 Å². The normalized spacial score (nSPS) is 27.4. The van der Waals surface area contributed by atoms with Gasteiger partial charge >= 0.3 is 0 Å². The average molecular weight is 421 g/mol. The van der Waals surface area contributed by atoms with Gasteiger partial charge in [0.15, 0.2) is 0 Å². The number of hydrogen-bond donors (Lipinski definition) is 1. The van der Waals surface area contributed by atoms with E-state index in [0.29, 0.717) is 10.7 Å². The Bertz CT molecular complexity index is 1000. The molecule has 0 spiro atoms. The van der Waals surface area contributed by atoms with E-state index in [4.69, 9.17) is 11.6 Å². The highest BCUT2D eigenvalue weighted by atomic mass is 35.5. The number of hydrogen-bond acceptors (Lipinski definition) is 3. The third-order valence-corrected chi connectivity index (χ3v) is 6.75. The van der Waals surface area contributed by atoms with Gasteiger partial charge < -0.3 is 5.32 Å². The molecule has 2 bridgehead atoms. The van der Waals surface area contributed by atoms with Crippen LogP contribution in [0.5, 0.6) is 0 Å². The number of carbonyl (C=O) groups excluding carboxylic acids is 3. The summed E-state index contributed by atoms with van der Waals surface area (Å²) in [6.07, 6.45) is 5.25. The molecule has 1 heterocycles. The number of nitrogens with zero attached hydrogens (tertiary/aromatic N) is 1. The van der Waals surface area contributed by atoms with Crippen LogP contribution < -0.4 is 5.32 Å². The minimum Gasteiger partial charge on any atom is -0.324 e. The number of benzene rings is 2. The highest BCUT2D eigenvalue weighted by Gasteiger charge is 2.61. The summed E-state index contributed by atoms with van der Waals surface area (Å²) in [7, 11) is 0. The smallest absolute Gasteiger partial charge is 0.248 e. The Morgan fingerprint density at radius 2 is 1.57 bits per heavy atom. The van der Waals surface area contributed by atoms with Gasteiger partial charge in [0.1, 0.15) is 6.04 Å². The summed E-state index contributed by atoms with van der Waals surface area (Å²) in [4.78, 5) is 41.1. The fourth-order valence-electron chi connectivity index (χ4n) is 5.13. The zero-order valence-corrected chi connectivity index (χ0v) is 17.0. The van der Waals surface area contributed by atoms with E-state index in [1.54, 1.807) is 24.3 Å². The summed E-state index contributed by atoms with van der Waals surface area (Å²) >= 11 is 5.93. The quantitative estimate of drug-likeness (QED) is 0.592. The lowest BCUT2D eigenvalue weighted by molar-refractivity contribution is -0.147. The van der Waals surface area contributed by atoms with E-state index in [9.17, 15) is 14.4 Å². The molecule has 1 N–H and O–H groups in total. The van der Waals surface area contributed by atoms with E-state index < -0.39 is 6.04 Å². The highest BCUT2D eigenvalue weighted by molar-refractivity contribution is 6.30. The third kappa shape index (κ3) is 3.14. The molecule has 0 aromatic heterocycles. The van der Waals surface area contributed by atoms with Gasteiger partial charge in [-0.3, -0.25) is 19.3 Å². The minimum atomic E-state index is -0.895. The molecule has 0 radical (unpaired) electrons. The summed E-state index contributed by atoms with van der Waals surface area (Å²) in [5, 5.41) is 3.42. The molecule has 5 rings (SSSR count). The van der Waals surface area contributed by atoms with Crippen molar-refractivity contribution in [3.8, 4) is 0 Å². The van der Waals surface area contributed by atoms with E-state index >= 15 is 0 Å². The molecule has 5 atom stereocenters. The van der Waals surface area contributed by atoms with Gasteiger partial charge in [-0.25, -0.2) is 0 Å². The van der Waals surface area contributed by atoms with E-state index in [2.05, 4.69) is 17.5 Å². The van der Waals surface area contributed by atoms with Crippen LogP contribution in [-0.2, 0) is 20.8 Å². The van der Waals surface area contributed by atoms with Crippen LogP contribution in [0.25, 0.3) is 0 Å². The largest absolute Gasteiger partial charge is 0.324 e. The second-order valence-corrected chi connectivity index (χ2v) is 8.68. The van der Waals surface area contributed by atoms with E-state index in [0.717, 1.165) is 12.0 Å². The Balaban J connectivity index is 1.45. The second kappa shape index (κ2) is 7.40. The number of anilines is 1. The number of fused-ring (bicyclic) bond motifs is 5. The molecular weight excluding hydrogens is 400 g/mol. The van der Waals surface area contributed by atoms with Crippen LogP contribution in [0.3, 0.4) is 0 Å². The van der Waals surface area contributed by atoms with Crippen molar-refractivity contribution in [2.24, 2.45) is 23.7 Å². The lowest BCUT2D eigenvalue weighted by Crippen LogP contribution is -2.49. The second-order valence-electron chi connectivity index (χ2n) is 8.25. The van der Waals surface area contributed by atoms with Crippen molar-refractivity contribution in [2.45, 2.75) is 18.9 Å². The lowest BCUT2D eigenvalue weighted by atomic mass is 9.85. The predicted octanol–water partition coefficient (Wildman–Crippen LogP) is 3.70. The molecule has 3 aliphatic rings. The third-order valence-electron chi connectivity index (χ3n) is 6.50. The summed E-state index contributed by atoms with van der Waals surface area (Å²) in [6.45, 7) is 0. The van der Waals surface area contributed by atoms with Gasteiger partial charge in [0, 0.05) is 17.1 Å². The Labute approximate surface area is 179 Å². The number of halogens is 1. The van der Waals surface area contributed by atoms with Crippen LogP contribution in [-0.4, -0.2) is 28.7 Å². The van der Waals surface area contributed by atoms with Gasteiger partial charge in [-0.1, -0.05) is 54.1 Å². The number of allylic oxidation sites excluding steroid dienone is 2. The molecule has 3 amide bonds. The van der Waals surface area contributed by atoms with Crippen LogP contribution in [0, 0.1) is 23.7 Å². The molecular formula is C24H21ClN2O3. The van der Waals surface area contributed by atoms with Gasteiger partial charge in [0.05, 0.1) is 11.8 Å². The standard InChI is InChI=1S/C24H21ClN2O3/c25-17-8-10-18(11-9-17)26-22(28)19(12-14-4-2-1-3-5-14)27-23(29)20-15-6-7-16(13-15)21(20)24(27)30/h1-11,15-16,19-21H,12-13H2,(H,26,28)/t15-,16-,19-,20-,21-/m0/s1. The maximum atomic E-state index is 13.3. The van der Waals surface area contributed by atoms with E-state index in [1.807, 2.05) is 30.3 Å². The van der Waals surface area contributed by atoms with Crippen molar-refractivity contribution in [3.05, 3.63) is 77.3 Å². The zero-order valence-electron chi connectivity index (χ0n) is 16.2. The number of likely N-dealkylation sites (tertiary alicyclic amines) is 1. The summed E-state index contributed by atoms with van der Waals surface area (Å²) in [6, 6.07) is 15.3. The first-order chi connectivity index (χ1) is 14.5. The topological polar surface area (TPSA) is 66.5 Å². The fourth-order valence-corrected chi connectivity index (χ4v) is 5.26. The number of nitrogens with one attached hydrogen (secondary N) is 1. The van der Waals surface area contributed by atoms with Crippen LogP contribution in [0.4, 0.5) is 5.69 Å². The van der Waals surface area contributed by atoms with Crippen LogP contribution in [0.2, 0.25) is 5.02 Å². The number of imide groups is 1. The summed E-state index contributed by atoms with van der Waals surface area (Å²) < 4.78 is 0. The van der Waals surface area contributed by atoms with Crippen molar-refractivity contribution >= 4 is 35.0 Å². The van der Waals surface area contributed by atoms with E-state index in [-0.39, 0.29) is 47.8 Å². The summed E-state index contributed by atoms with van der Waals surface area (Å²) in [5.41, 5.74) is 1.47. The molecule has 5 nitrogen and oxygen atoms in total. The Morgan fingerprint density at radius 1 is 0.967 bits per heavy atom. The molecule has 2 fully saturated rings. The van der Waals surface area contributed by atoms with Crippen LogP contribution in [0.15, 0.2) is 66.7 Å². The predicted molar refractivity (Wildman–Crippen MR) is 114 cm³/mol. The van der Waals surface area contributed by atoms with Crippen LogP contribution >= 0.6 is 11.6 Å². The molecule has 152 valence electrons. The van der Waals surface area contributed by atoms with Crippen molar-refractivity contribution in [1.82, 2.24) is 4.90 Å². The fraction of sp³-hybridized carbons (Fsp3) is 0.292. The van der Waals surface area contributed by atoms with E-state index in [1.165, 1.54) is 4.90 Å². The van der Waals surface area contributed by atoms with Gasteiger partial charge in [-0.2, -0.15) is 0 Å². The maximum Gasteiger partial charge on any atom is 0.248 e. The first kappa shape index (κ1) is 19.1. The Hall–Kier alpha value is -2.92. The first-order valence-corrected chi connectivity index (χ1v) is 10.6. The van der Waals surface area contributed by atoms with Crippen molar-refractivity contribution in [1.29, 1.82) is 0 Å². The molecule has 2 aromatic rings. The van der Waals surface area contributed by atoms with Crippen molar-refractivity contribution in [3.63, 3.8) is 0 Å². The maximum absolute atomic E-state index is 13.3. The average Bonchev–Trinajstić information content (AvgIpc) is 3.43. The molecule has 2 aromatic carbocycles. The highest BCUT2D eigenvalue weighted by Crippen LogP contribution is 2.53. The number of carbonyl (C=O) groups is 3. The monoisotopic (exact) mass is 420 g/mol. The Morgan fingerprint density at radius 3 is 2.17 bits per heavy atom. The van der Waals surface area contributed by atoms with Crippen LogP contribution in [0.1, 0.15) is 12.0 Å².